The summed E-state index contributed by atoms with van der Waals surface area (Å²) in [6, 6.07) is 7.80. The Morgan fingerprint density at radius 1 is 1.32 bits per heavy atom. The first-order valence-corrected chi connectivity index (χ1v) is 10.0. The van der Waals surface area contributed by atoms with Gasteiger partial charge in [-0.15, -0.1) is 11.8 Å². The maximum absolute atomic E-state index is 13.0. The molecule has 0 atom stereocenters. The second kappa shape index (κ2) is 7.27. The summed E-state index contributed by atoms with van der Waals surface area (Å²) in [4.78, 5) is 26.1. The number of aromatic nitrogens is 5. The summed E-state index contributed by atoms with van der Waals surface area (Å²) in [5, 5.41) is 8.71. The smallest absolute Gasteiger partial charge is 0.254 e. The van der Waals surface area contributed by atoms with Gasteiger partial charge in [0.25, 0.3) is 5.91 Å². The largest absolute Gasteiger partial charge is 0.345 e. The topological polar surface area (TPSA) is 88.5 Å². The van der Waals surface area contributed by atoms with E-state index in [1.165, 1.54) is 0 Å². The third-order valence-corrected chi connectivity index (χ3v) is 5.56. The lowest BCUT2D eigenvalue weighted by Gasteiger charge is -2.12. The van der Waals surface area contributed by atoms with Gasteiger partial charge in [-0.3, -0.25) is 9.48 Å². The van der Waals surface area contributed by atoms with E-state index in [4.69, 9.17) is 0 Å². The monoisotopic (exact) mass is 394 g/mol. The van der Waals surface area contributed by atoms with E-state index in [2.05, 4.69) is 39.2 Å². The van der Waals surface area contributed by atoms with Gasteiger partial charge in [0, 0.05) is 23.4 Å². The molecule has 0 unspecified atom stereocenters. The molecule has 7 nitrogen and oxygen atoms in total. The predicted molar refractivity (Wildman–Crippen MR) is 112 cm³/mol. The number of nitrogens with zero attached hydrogens (tertiary/aromatic N) is 4. The average molecular weight is 395 g/mol. The Morgan fingerprint density at radius 2 is 2.11 bits per heavy atom. The lowest BCUT2D eigenvalue weighted by atomic mass is 10.2. The number of hydrogen-bond donors (Lipinski definition) is 2. The zero-order valence-corrected chi connectivity index (χ0v) is 17.1. The van der Waals surface area contributed by atoms with Crippen LogP contribution in [0, 0.1) is 6.92 Å². The molecule has 0 fully saturated rings. The van der Waals surface area contributed by atoms with Crippen molar-refractivity contribution in [1.82, 2.24) is 30.0 Å². The number of amides is 1. The molecule has 4 aromatic rings. The van der Waals surface area contributed by atoms with Gasteiger partial charge in [0.05, 0.1) is 34.2 Å². The molecule has 1 amide bonds. The van der Waals surface area contributed by atoms with Crippen molar-refractivity contribution in [2.45, 2.75) is 37.5 Å². The number of nitrogens with one attached hydrogen (secondary N) is 2. The molecule has 0 aliphatic rings. The van der Waals surface area contributed by atoms with Gasteiger partial charge in [-0.05, 0) is 19.1 Å². The first-order valence-electron chi connectivity index (χ1n) is 9.15. The van der Waals surface area contributed by atoms with Crippen LogP contribution in [0.4, 0.5) is 0 Å². The number of para-hydroxylation sites is 2. The SMILES string of the molecule is Cc1nn(C)c2ncc(C(=O)NCc3nc4ccccc4[nH]3)c(SC(C)C)c12. The van der Waals surface area contributed by atoms with Crippen LogP contribution in [0.5, 0.6) is 0 Å². The summed E-state index contributed by atoms with van der Waals surface area (Å²) in [6.07, 6.45) is 1.64. The summed E-state index contributed by atoms with van der Waals surface area (Å²) in [5.74, 6) is 0.556. The van der Waals surface area contributed by atoms with Crippen LogP contribution in [-0.2, 0) is 13.6 Å². The van der Waals surface area contributed by atoms with E-state index in [-0.39, 0.29) is 5.91 Å². The molecule has 0 aliphatic carbocycles. The van der Waals surface area contributed by atoms with Crippen LogP contribution >= 0.6 is 11.8 Å². The molecule has 0 aliphatic heterocycles. The third kappa shape index (κ3) is 3.35. The van der Waals surface area contributed by atoms with Crippen LogP contribution < -0.4 is 5.32 Å². The number of carbonyl (C=O) groups excluding carboxylic acids is 1. The minimum absolute atomic E-state index is 0.166. The van der Waals surface area contributed by atoms with Crippen molar-refractivity contribution in [2.24, 2.45) is 7.05 Å². The van der Waals surface area contributed by atoms with Gasteiger partial charge in [-0.1, -0.05) is 26.0 Å². The highest BCUT2D eigenvalue weighted by Crippen LogP contribution is 2.34. The number of imidazole rings is 1. The fourth-order valence-corrected chi connectivity index (χ4v) is 4.35. The molecule has 144 valence electrons. The Kier molecular flexibility index (Phi) is 4.80. The normalized spacial score (nSPS) is 11.6. The molecule has 0 saturated carbocycles. The lowest BCUT2D eigenvalue weighted by molar-refractivity contribution is 0.0947. The molecule has 0 saturated heterocycles. The van der Waals surface area contributed by atoms with Gasteiger partial charge < -0.3 is 10.3 Å². The van der Waals surface area contributed by atoms with Crippen molar-refractivity contribution < 1.29 is 4.79 Å². The number of benzene rings is 1. The number of hydrogen-bond acceptors (Lipinski definition) is 5. The molecule has 1 aromatic carbocycles. The predicted octanol–water partition coefficient (Wildman–Crippen LogP) is 3.58. The maximum Gasteiger partial charge on any atom is 0.254 e. The summed E-state index contributed by atoms with van der Waals surface area (Å²) in [5.41, 5.74) is 4.07. The van der Waals surface area contributed by atoms with Crippen molar-refractivity contribution in [1.29, 1.82) is 0 Å². The molecule has 28 heavy (non-hydrogen) atoms. The Morgan fingerprint density at radius 3 is 2.86 bits per heavy atom. The van der Waals surface area contributed by atoms with Crippen molar-refractivity contribution in [3.05, 3.63) is 47.5 Å². The van der Waals surface area contributed by atoms with E-state index < -0.39 is 0 Å². The number of carbonyl (C=O) groups is 1. The van der Waals surface area contributed by atoms with E-state index in [0.29, 0.717) is 17.4 Å². The minimum Gasteiger partial charge on any atom is -0.345 e. The van der Waals surface area contributed by atoms with Gasteiger partial charge in [0.2, 0.25) is 0 Å². The van der Waals surface area contributed by atoms with Gasteiger partial charge in [0.1, 0.15) is 5.82 Å². The average Bonchev–Trinajstić information content (AvgIpc) is 3.20. The van der Waals surface area contributed by atoms with Crippen LogP contribution in [0.1, 0.15) is 35.7 Å². The molecule has 3 heterocycles. The molecule has 8 heteroatoms. The first kappa shape index (κ1) is 18.5. The zero-order valence-electron chi connectivity index (χ0n) is 16.3. The number of H-pyrrole nitrogens is 1. The van der Waals surface area contributed by atoms with Gasteiger partial charge in [0.15, 0.2) is 5.65 Å². The Labute approximate surface area is 166 Å². The molecule has 3 aromatic heterocycles. The third-order valence-electron chi connectivity index (χ3n) is 4.43. The number of pyridine rings is 1. The van der Waals surface area contributed by atoms with Crippen LogP contribution in [0.2, 0.25) is 0 Å². The summed E-state index contributed by atoms with van der Waals surface area (Å²) in [6.45, 7) is 6.49. The van der Waals surface area contributed by atoms with Crippen LogP contribution in [0.3, 0.4) is 0 Å². The molecule has 4 rings (SSSR count). The van der Waals surface area contributed by atoms with Crippen molar-refractivity contribution >= 4 is 39.7 Å². The van der Waals surface area contributed by atoms with Crippen LogP contribution in [-0.4, -0.2) is 35.9 Å². The quantitative estimate of drug-likeness (QED) is 0.505. The van der Waals surface area contributed by atoms with E-state index in [1.54, 1.807) is 22.6 Å². The molecule has 0 radical (unpaired) electrons. The summed E-state index contributed by atoms with van der Waals surface area (Å²) >= 11 is 1.66. The maximum atomic E-state index is 13.0. The minimum atomic E-state index is -0.166. The van der Waals surface area contributed by atoms with Crippen molar-refractivity contribution in [3.63, 3.8) is 0 Å². The Bertz CT molecular complexity index is 1140. The van der Waals surface area contributed by atoms with E-state index in [0.717, 1.165) is 38.5 Å². The molecular weight excluding hydrogens is 372 g/mol. The van der Waals surface area contributed by atoms with Crippen LogP contribution in [0.15, 0.2) is 35.4 Å². The van der Waals surface area contributed by atoms with Gasteiger partial charge >= 0.3 is 0 Å². The zero-order chi connectivity index (χ0) is 19.8. The van der Waals surface area contributed by atoms with Gasteiger partial charge in [-0.2, -0.15) is 5.10 Å². The first-order chi connectivity index (χ1) is 13.4. The second-order valence-electron chi connectivity index (χ2n) is 6.96. The highest BCUT2D eigenvalue weighted by atomic mass is 32.2. The number of aryl methyl sites for hydroxylation is 2. The number of thioether (sulfide) groups is 1. The fraction of sp³-hybridized carbons (Fsp3) is 0.300. The van der Waals surface area contributed by atoms with E-state index in [9.17, 15) is 4.79 Å². The summed E-state index contributed by atoms with van der Waals surface area (Å²) < 4.78 is 1.76. The number of aromatic amines is 1. The summed E-state index contributed by atoms with van der Waals surface area (Å²) in [7, 11) is 1.87. The molecule has 0 bridgehead atoms. The Balaban J connectivity index is 1.65. The van der Waals surface area contributed by atoms with E-state index in [1.807, 2.05) is 38.2 Å². The van der Waals surface area contributed by atoms with Crippen molar-refractivity contribution in [2.75, 3.05) is 0 Å². The second-order valence-corrected chi connectivity index (χ2v) is 8.55. The Hall–Kier alpha value is -2.87. The number of fused-ring (bicyclic) bond motifs is 2. The molecule has 0 spiro atoms. The molecular formula is C20H22N6OS. The fourth-order valence-electron chi connectivity index (χ4n) is 3.25. The standard InChI is InChI=1S/C20H22N6OS/c1-11(2)28-18-13(9-21-19-17(18)12(3)25-26(19)4)20(27)22-10-16-23-14-7-5-6-8-15(14)24-16/h5-9,11H,10H2,1-4H3,(H,22,27)(H,23,24). The highest BCUT2D eigenvalue weighted by molar-refractivity contribution is 8.00. The van der Waals surface area contributed by atoms with Gasteiger partial charge in [-0.25, -0.2) is 9.97 Å². The number of rotatable bonds is 5. The van der Waals surface area contributed by atoms with Crippen molar-refractivity contribution in [3.8, 4) is 0 Å². The molecule has 2 N–H and O–H groups in total. The van der Waals surface area contributed by atoms with Crippen LogP contribution in [0.25, 0.3) is 22.1 Å². The lowest BCUT2D eigenvalue weighted by Crippen LogP contribution is -2.24. The van der Waals surface area contributed by atoms with E-state index >= 15 is 0 Å². The highest BCUT2D eigenvalue weighted by Gasteiger charge is 2.21.